The van der Waals surface area contributed by atoms with Crippen molar-refractivity contribution >= 4 is 21.8 Å². The van der Waals surface area contributed by atoms with Crippen LogP contribution in [0, 0.1) is 0 Å². The largest absolute Gasteiger partial charge is 0.475 e. The quantitative estimate of drug-likeness (QED) is 0.668. The average Bonchev–Trinajstić information content (AvgIpc) is 2.60. The highest BCUT2D eigenvalue weighted by atomic mass is 35.5. The molecule has 1 aromatic carbocycles. The molecule has 0 radical (unpaired) electrons. The van der Waals surface area contributed by atoms with E-state index in [0.29, 0.717) is 12.3 Å². The third kappa shape index (κ3) is 4.32. The first-order chi connectivity index (χ1) is 11.8. The van der Waals surface area contributed by atoms with E-state index in [1.165, 1.54) is 12.1 Å². The lowest BCUT2D eigenvalue weighted by Gasteiger charge is -2.25. The van der Waals surface area contributed by atoms with Crippen LogP contribution in [0.15, 0.2) is 47.5 Å². The van der Waals surface area contributed by atoms with Gasteiger partial charge in [0.05, 0.1) is 17.0 Å². The fourth-order valence-corrected chi connectivity index (χ4v) is 4.15. The van der Waals surface area contributed by atoms with Gasteiger partial charge in [-0.25, -0.2) is 13.4 Å². The molecule has 7 heteroatoms. The number of hydrogen-bond donors (Lipinski definition) is 0. The minimum atomic E-state index is -3.81. The van der Waals surface area contributed by atoms with E-state index < -0.39 is 16.1 Å². The molecule has 1 atom stereocenters. The summed E-state index contributed by atoms with van der Waals surface area (Å²) in [5.41, 5.74) is 1.64. The van der Waals surface area contributed by atoms with Crippen molar-refractivity contribution in [1.82, 2.24) is 8.81 Å². The summed E-state index contributed by atoms with van der Waals surface area (Å²) in [6.07, 6.45) is 2.25. The lowest BCUT2D eigenvalue weighted by molar-refractivity contribution is 0.229. The van der Waals surface area contributed by atoms with Gasteiger partial charge in [0.15, 0.2) is 0 Å². The van der Waals surface area contributed by atoms with E-state index in [4.69, 9.17) is 16.5 Å². The SMILES string of the molecule is CCc1c(C(C)N(Cl)S(=O)(=O)c2ccccc2)ccnc1OC(C)C. The number of aromatic nitrogens is 1. The number of hydrogen-bond acceptors (Lipinski definition) is 4. The van der Waals surface area contributed by atoms with Crippen molar-refractivity contribution in [3.63, 3.8) is 0 Å². The van der Waals surface area contributed by atoms with Crippen LogP contribution in [0.2, 0.25) is 0 Å². The van der Waals surface area contributed by atoms with Gasteiger partial charge >= 0.3 is 0 Å². The molecule has 1 aromatic heterocycles. The van der Waals surface area contributed by atoms with Crippen molar-refractivity contribution < 1.29 is 13.2 Å². The summed E-state index contributed by atoms with van der Waals surface area (Å²) >= 11 is 6.26. The van der Waals surface area contributed by atoms with Gasteiger partial charge in [-0.1, -0.05) is 25.1 Å². The van der Waals surface area contributed by atoms with E-state index >= 15 is 0 Å². The van der Waals surface area contributed by atoms with Gasteiger partial charge in [0.25, 0.3) is 10.0 Å². The van der Waals surface area contributed by atoms with Crippen LogP contribution in [0.1, 0.15) is 44.9 Å². The highest BCUT2D eigenvalue weighted by Crippen LogP contribution is 2.34. The fraction of sp³-hybridized carbons (Fsp3) is 0.389. The summed E-state index contributed by atoms with van der Waals surface area (Å²) in [7, 11) is -3.81. The topological polar surface area (TPSA) is 59.5 Å². The van der Waals surface area contributed by atoms with Gasteiger partial charge in [-0.2, -0.15) is 0 Å². The van der Waals surface area contributed by atoms with Gasteiger partial charge < -0.3 is 4.74 Å². The molecule has 2 rings (SSSR count). The van der Waals surface area contributed by atoms with Crippen LogP contribution in [-0.2, 0) is 16.4 Å². The first-order valence-electron chi connectivity index (χ1n) is 8.18. The second-order valence-corrected chi connectivity index (χ2v) is 8.32. The average molecular weight is 383 g/mol. The Morgan fingerprint density at radius 2 is 1.80 bits per heavy atom. The Bertz CT molecular complexity index is 810. The Labute approximate surface area is 154 Å². The molecule has 0 saturated carbocycles. The number of sulfonamides is 1. The molecule has 0 saturated heterocycles. The standard InChI is InChI=1S/C18H23ClN2O3S/c1-5-16-17(11-12-20-18(16)24-13(2)3)14(4)21(19)25(22,23)15-9-7-6-8-10-15/h6-14H,5H2,1-4H3. The van der Waals surface area contributed by atoms with E-state index in [2.05, 4.69) is 4.98 Å². The van der Waals surface area contributed by atoms with Gasteiger partial charge in [0.1, 0.15) is 0 Å². The minimum absolute atomic E-state index is 0.0245. The first-order valence-corrected chi connectivity index (χ1v) is 9.96. The highest BCUT2D eigenvalue weighted by molar-refractivity contribution is 7.90. The molecule has 5 nitrogen and oxygen atoms in total. The Morgan fingerprint density at radius 1 is 1.16 bits per heavy atom. The summed E-state index contributed by atoms with van der Waals surface area (Å²) < 4.78 is 32.1. The van der Waals surface area contributed by atoms with Crippen molar-refractivity contribution in [3.8, 4) is 5.88 Å². The van der Waals surface area contributed by atoms with Crippen molar-refractivity contribution in [1.29, 1.82) is 0 Å². The lowest BCUT2D eigenvalue weighted by Crippen LogP contribution is -2.26. The summed E-state index contributed by atoms with van der Waals surface area (Å²) in [5.74, 6) is 0.518. The molecule has 0 aliphatic carbocycles. The van der Waals surface area contributed by atoms with E-state index in [0.717, 1.165) is 15.0 Å². The summed E-state index contributed by atoms with van der Waals surface area (Å²) in [5, 5.41) is 0. The van der Waals surface area contributed by atoms with Crippen LogP contribution in [0.25, 0.3) is 0 Å². The molecule has 0 fully saturated rings. The van der Waals surface area contributed by atoms with Crippen LogP contribution in [0.4, 0.5) is 0 Å². The third-order valence-electron chi connectivity index (χ3n) is 3.78. The maximum atomic E-state index is 12.8. The Hall–Kier alpha value is -1.63. The van der Waals surface area contributed by atoms with Crippen molar-refractivity contribution in [2.45, 2.75) is 51.2 Å². The zero-order chi connectivity index (χ0) is 18.6. The number of halogens is 1. The Kier molecular flexibility index (Phi) is 6.43. The molecular formula is C18H23ClN2O3S. The van der Waals surface area contributed by atoms with Crippen LogP contribution in [-0.4, -0.2) is 23.3 Å². The molecule has 0 N–H and O–H groups in total. The Balaban J connectivity index is 2.41. The second-order valence-electron chi connectivity index (χ2n) is 5.94. The van der Waals surface area contributed by atoms with Crippen molar-refractivity contribution in [2.75, 3.05) is 0 Å². The highest BCUT2D eigenvalue weighted by Gasteiger charge is 2.30. The van der Waals surface area contributed by atoms with Crippen molar-refractivity contribution in [2.24, 2.45) is 0 Å². The normalized spacial score (nSPS) is 13.2. The monoisotopic (exact) mass is 382 g/mol. The van der Waals surface area contributed by atoms with E-state index in [1.54, 1.807) is 37.4 Å². The van der Waals surface area contributed by atoms with Gasteiger partial charge in [-0.3, -0.25) is 0 Å². The second kappa shape index (κ2) is 8.17. The summed E-state index contributed by atoms with van der Waals surface area (Å²) in [6.45, 7) is 7.57. The minimum Gasteiger partial charge on any atom is -0.475 e. The number of rotatable bonds is 7. The predicted molar refractivity (Wildman–Crippen MR) is 99.1 cm³/mol. The lowest BCUT2D eigenvalue weighted by atomic mass is 10.0. The zero-order valence-electron chi connectivity index (χ0n) is 14.8. The van der Waals surface area contributed by atoms with Crippen LogP contribution in [0.3, 0.4) is 0 Å². The molecule has 0 bridgehead atoms. The maximum Gasteiger partial charge on any atom is 0.257 e. The van der Waals surface area contributed by atoms with Gasteiger partial charge in [0.2, 0.25) is 5.88 Å². The molecule has 1 unspecified atom stereocenters. The van der Waals surface area contributed by atoms with Gasteiger partial charge in [0, 0.05) is 11.8 Å². The molecule has 1 heterocycles. The number of benzene rings is 1. The van der Waals surface area contributed by atoms with E-state index in [1.807, 2.05) is 20.8 Å². The van der Waals surface area contributed by atoms with Crippen molar-refractivity contribution in [3.05, 3.63) is 53.7 Å². The zero-order valence-corrected chi connectivity index (χ0v) is 16.4. The fourth-order valence-electron chi connectivity index (χ4n) is 2.57. The van der Waals surface area contributed by atoms with Gasteiger partial charge in [-0.15, -0.1) is 3.82 Å². The number of nitrogens with zero attached hydrogens (tertiary/aromatic N) is 2. The predicted octanol–water partition coefficient (Wildman–Crippen LogP) is 4.34. The first kappa shape index (κ1) is 19.7. The van der Waals surface area contributed by atoms with Crippen LogP contribution < -0.4 is 4.74 Å². The Morgan fingerprint density at radius 3 is 2.36 bits per heavy atom. The smallest absolute Gasteiger partial charge is 0.257 e. The summed E-state index contributed by atoms with van der Waals surface area (Å²) in [4.78, 5) is 4.43. The third-order valence-corrected chi connectivity index (χ3v) is 6.26. The number of ether oxygens (including phenoxy) is 1. The maximum absolute atomic E-state index is 12.8. The molecule has 136 valence electrons. The van der Waals surface area contributed by atoms with Crippen LogP contribution in [0.5, 0.6) is 5.88 Å². The molecular weight excluding hydrogens is 360 g/mol. The number of pyridine rings is 1. The summed E-state index contributed by atoms with van der Waals surface area (Å²) in [6, 6.07) is 9.36. The molecule has 2 aromatic rings. The van der Waals surface area contributed by atoms with Gasteiger partial charge in [-0.05, 0) is 62.7 Å². The molecule has 0 aliphatic heterocycles. The molecule has 0 spiro atoms. The molecule has 0 amide bonds. The van der Waals surface area contributed by atoms with E-state index in [-0.39, 0.29) is 11.0 Å². The molecule has 25 heavy (non-hydrogen) atoms. The van der Waals surface area contributed by atoms with E-state index in [9.17, 15) is 8.42 Å². The van der Waals surface area contributed by atoms with Crippen LogP contribution >= 0.6 is 11.8 Å². The molecule has 0 aliphatic rings.